The van der Waals surface area contributed by atoms with Gasteiger partial charge >= 0.3 is 0 Å². The Morgan fingerprint density at radius 3 is 2.70 bits per heavy atom. The molecule has 8 nitrogen and oxygen atoms in total. The minimum atomic E-state index is -0.0476. The van der Waals surface area contributed by atoms with Crippen molar-refractivity contribution < 1.29 is 14.3 Å². The van der Waals surface area contributed by atoms with Gasteiger partial charge in [-0.05, 0) is 44.0 Å². The van der Waals surface area contributed by atoms with E-state index in [1.165, 1.54) is 0 Å². The number of ether oxygens (including phenoxy) is 1. The molecular formula is C25H27N5O3. The standard InChI is InChI=1S/C25H27N5O3/c1-17-21(25(32)29-10-12-33-13-11-29)15-27-23(28-17)20-5-3-9-30(16-20)24(31)19-6-7-22-18(14-19)4-2-8-26-22/h2,4,6-8,14-15,20H,3,5,9-13,16H2,1H3. The monoisotopic (exact) mass is 445 g/mol. The number of piperidine rings is 1. The van der Waals surface area contributed by atoms with Gasteiger partial charge in [-0.2, -0.15) is 0 Å². The van der Waals surface area contributed by atoms with E-state index in [-0.39, 0.29) is 17.7 Å². The molecular weight excluding hydrogens is 418 g/mol. The number of aryl methyl sites for hydroxylation is 1. The van der Waals surface area contributed by atoms with E-state index in [2.05, 4.69) is 15.0 Å². The Morgan fingerprint density at radius 2 is 1.88 bits per heavy atom. The molecule has 33 heavy (non-hydrogen) atoms. The van der Waals surface area contributed by atoms with Gasteiger partial charge in [-0.15, -0.1) is 0 Å². The van der Waals surface area contributed by atoms with Crippen LogP contribution >= 0.6 is 0 Å². The highest BCUT2D eigenvalue weighted by Crippen LogP contribution is 2.27. The number of hydrogen-bond acceptors (Lipinski definition) is 6. The summed E-state index contributed by atoms with van der Waals surface area (Å²) in [5, 5.41) is 0.955. The maximum atomic E-state index is 13.2. The number of nitrogens with zero attached hydrogens (tertiary/aromatic N) is 5. The summed E-state index contributed by atoms with van der Waals surface area (Å²) in [6.07, 6.45) is 5.21. The van der Waals surface area contributed by atoms with Crippen LogP contribution in [0.15, 0.2) is 42.7 Å². The van der Waals surface area contributed by atoms with Gasteiger partial charge < -0.3 is 14.5 Å². The second kappa shape index (κ2) is 9.23. The molecule has 5 rings (SSSR count). The molecule has 0 N–H and O–H groups in total. The summed E-state index contributed by atoms with van der Waals surface area (Å²) in [5.41, 5.74) is 2.76. The molecule has 1 unspecified atom stereocenters. The third kappa shape index (κ3) is 4.43. The van der Waals surface area contributed by atoms with Gasteiger partial charge in [0.2, 0.25) is 0 Å². The van der Waals surface area contributed by atoms with Crippen LogP contribution in [-0.2, 0) is 4.74 Å². The number of pyridine rings is 1. The summed E-state index contributed by atoms with van der Waals surface area (Å²) in [7, 11) is 0. The van der Waals surface area contributed by atoms with Crippen molar-refractivity contribution in [3.8, 4) is 0 Å². The summed E-state index contributed by atoms with van der Waals surface area (Å²) in [6.45, 7) is 5.43. The summed E-state index contributed by atoms with van der Waals surface area (Å²) < 4.78 is 5.34. The first kappa shape index (κ1) is 21.5. The highest BCUT2D eigenvalue weighted by molar-refractivity contribution is 5.98. The molecule has 2 aromatic heterocycles. The molecule has 4 heterocycles. The lowest BCUT2D eigenvalue weighted by atomic mass is 9.96. The Balaban J connectivity index is 1.31. The van der Waals surface area contributed by atoms with Gasteiger partial charge in [0.1, 0.15) is 5.82 Å². The number of amides is 2. The van der Waals surface area contributed by atoms with Crippen molar-refractivity contribution in [1.29, 1.82) is 0 Å². The molecule has 2 saturated heterocycles. The predicted molar refractivity (Wildman–Crippen MR) is 123 cm³/mol. The number of benzene rings is 1. The molecule has 1 aromatic carbocycles. The number of rotatable bonds is 3. The second-order valence-electron chi connectivity index (χ2n) is 8.63. The van der Waals surface area contributed by atoms with E-state index in [0.29, 0.717) is 62.0 Å². The van der Waals surface area contributed by atoms with Gasteiger partial charge in [-0.1, -0.05) is 6.07 Å². The van der Waals surface area contributed by atoms with Crippen LogP contribution in [0.2, 0.25) is 0 Å². The van der Waals surface area contributed by atoms with E-state index < -0.39 is 0 Å². The van der Waals surface area contributed by atoms with E-state index in [0.717, 1.165) is 23.7 Å². The zero-order valence-corrected chi connectivity index (χ0v) is 18.7. The molecule has 2 aliphatic rings. The summed E-state index contributed by atoms with van der Waals surface area (Å²) >= 11 is 0. The zero-order chi connectivity index (χ0) is 22.8. The normalized spacial score (nSPS) is 19.0. The second-order valence-corrected chi connectivity index (χ2v) is 8.63. The average Bonchev–Trinajstić information content (AvgIpc) is 2.88. The third-order valence-corrected chi connectivity index (χ3v) is 6.45. The first-order chi connectivity index (χ1) is 16.1. The van der Waals surface area contributed by atoms with Crippen molar-refractivity contribution in [2.24, 2.45) is 0 Å². The lowest BCUT2D eigenvalue weighted by Gasteiger charge is -2.32. The van der Waals surface area contributed by atoms with Crippen molar-refractivity contribution in [3.05, 3.63) is 65.4 Å². The predicted octanol–water partition coefficient (Wildman–Crippen LogP) is 2.83. The fourth-order valence-corrected chi connectivity index (χ4v) is 4.59. The van der Waals surface area contributed by atoms with Crippen LogP contribution in [0, 0.1) is 6.92 Å². The minimum Gasteiger partial charge on any atom is -0.378 e. The first-order valence-corrected chi connectivity index (χ1v) is 11.4. The van der Waals surface area contributed by atoms with E-state index >= 15 is 0 Å². The molecule has 0 radical (unpaired) electrons. The maximum absolute atomic E-state index is 13.2. The fraction of sp³-hybridized carbons (Fsp3) is 0.400. The third-order valence-electron chi connectivity index (χ3n) is 6.45. The number of fused-ring (bicyclic) bond motifs is 1. The topological polar surface area (TPSA) is 88.5 Å². The van der Waals surface area contributed by atoms with Crippen molar-refractivity contribution in [1.82, 2.24) is 24.8 Å². The van der Waals surface area contributed by atoms with Crippen LogP contribution in [0.1, 0.15) is 51.0 Å². The molecule has 0 saturated carbocycles. The zero-order valence-electron chi connectivity index (χ0n) is 18.7. The first-order valence-electron chi connectivity index (χ1n) is 11.4. The Morgan fingerprint density at radius 1 is 1.03 bits per heavy atom. The molecule has 8 heteroatoms. The van der Waals surface area contributed by atoms with Crippen LogP contribution in [0.5, 0.6) is 0 Å². The van der Waals surface area contributed by atoms with E-state index in [4.69, 9.17) is 4.74 Å². The molecule has 3 aromatic rings. The van der Waals surface area contributed by atoms with Crippen LogP contribution < -0.4 is 0 Å². The number of carbonyl (C=O) groups is 2. The quantitative estimate of drug-likeness (QED) is 0.616. The molecule has 2 amide bonds. The molecule has 0 spiro atoms. The van der Waals surface area contributed by atoms with Crippen LogP contribution in [0.4, 0.5) is 0 Å². The van der Waals surface area contributed by atoms with E-state index in [1.807, 2.05) is 42.2 Å². The van der Waals surface area contributed by atoms with Gasteiger partial charge in [0.05, 0.1) is 30.0 Å². The average molecular weight is 446 g/mol. The lowest BCUT2D eigenvalue weighted by molar-refractivity contribution is 0.0301. The van der Waals surface area contributed by atoms with E-state index in [9.17, 15) is 9.59 Å². The molecule has 2 aliphatic heterocycles. The lowest BCUT2D eigenvalue weighted by Crippen LogP contribution is -2.41. The summed E-state index contributed by atoms with van der Waals surface area (Å²) in [4.78, 5) is 43.3. The van der Waals surface area contributed by atoms with Gasteiger partial charge in [-0.3, -0.25) is 14.6 Å². The van der Waals surface area contributed by atoms with Crippen molar-refractivity contribution in [2.75, 3.05) is 39.4 Å². The summed E-state index contributed by atoms with van der Waals surface area (Å²) in [5.74, 6) is 0.720. The number of likely N-dealkylation sites (tertiary alicyclic amines) is 1. The van der Waals surface area contributed by atoms with E-state index in [1.54, 1.807) is 17.3 Å². The minimum absolute atomic E-state index is 0.0151. The van der Waals surface area contributed by atoms with Crippen molar-refractivity contribution >= 4 is 22.7 Å². The number of carbonyl (C=O) groups excluding carboxylic acids is 2. The van der Waals surface area contributed by atoms with Gasteiger partial charge in [0.25, 0.3) is 11.8 Å². The molecule has 170 valence electrons. The number of morpholine rings is 1. The Kier molecular flexibility index (Phi) is 6.00. The van der Waals surface area contributed by atoms with Crippen molar-refractivity contribution in [3.63, 3.8) is 0 Å². The van der Waals surface area contributed by atoms with Gasteiger partial charge in [0.15, 0.2) is 0 Å². The van der Waals surface area contributed by atoms with Gasteiger partial charge in [-0.25, -0.2) is 9.97 Å². The van der Waals surface area contributed by atoms with Gasteiger partial charge in [0, 0.05) is 55.4 Å². The largest absolute Gasteiger partial charge is 0.378 e. The fourth-order valence-electron chi connectivity index (χ4n) is 4.59. The Bertz CT molecular complexity index is 1190. The SMILES string of the molecule is Cc1nc(C2CCCN(C(=O)c3ccc4ncccc4c3)C2)ncc1C(=O)N1CCOCC1. The highest BCUT2D eigenvalue weighted by atomic mass is 16.5. The van der Waals surface area contributed by atoms with Crippen LogP contribution in [0.3, 0.4) is 0 Å². The van der Waals surface area contributed by atoms with Crippen LogP contribution in [0.25, 0.3) is 10.9 Å². The van der Waals surface area contributed by atoms with Crippen LogP contribution in [-0.4, -0.2) is 76.0 Å². The molecule has 0 bridgehead atoms. The number of aromatic nitrogens is 3. The molecule has 0 aliphatic carbocycles. The smallest absolute Gasteiger partial charge is 0.257 e. The Hall–Kier alpha value is -3.39. The number of hydrogen-bond donors (Lipinski definition) is 0. The van der Waals surface area contributed by atoms with Crippen molar-refractivity contribution in [2.45, 2.75) is 25.7 Å². The Labute approximate surface area is 192 Å². The molecule has 2 fully saturated rings. The summed E-state index contributed by atoms with van der Waals surface area (Å²) in [6, 6.07) is 9.48. The molecule has 1 atom stereocenters. The maximum Gasteiger partial charge on any atom is 0.257 e. The highest BCUT2D eigenvalue weighted by Gasteiger charge is 2.28.